The number of carbonyl (C=O) groups excluding carboxylic acids is 3. The van der Waals surface area contributed by atoms with E-state index in [0.717, 1.165) is 16.0 Å². The van der Waals surface area contributed by atoms with E-state index in [9.17, 15) is 14.4 Å². The van der Waals surface area contributed by atoms with Crippen LogP contribution in [0.2, 0.25) is 0 Å². The second-order valence-corrected chi connectivity index (χ2v) is 10.8. The Kier molecular flexibility index (Phi) is 7.73. The molecule has 2 aliphatic heterocycles. The Morgan fingerprint density at radius 3 is 2.30 bits per heavy atom. The maximum atomic E-state index is 13.7. The molecule has 37 heavy (non-hydrogen) atoms. The fourth-order valence-corrected chi connectivity index (χ4v) is 6.53. The molecule has 0 aliphatic carbocycles. The number of β-lactam (4-membered cyclic amide) rings is 1. The number of hydrogen-bond acceptors (Lipinski definition) is 7. The quantitative estimate of drug-likeness (QED) is 0.331. The van der Waals surface area contributed by atoms with Gasteiger partial charge in [-0.3, -0.25) is 14.5 Å². The van der Waals surface area contributed by atoms with Crippen molar-refractivity contribution in [2.75, 3.05) is 19.5 Å². The number of carbonyl (C=O) groups is 3. The summed E-state index contributed by atoms with van der Waals surface area (Å²) < 4.78 is 11.4. The third kappa shape index (κ3) is 5.34. The molecule has 2 atom stereocenters. The summed E-state index contributed by atoms with van der Waals surface area (Å²) >= 11 is 3.00. The van der Waals surface area contributed by atoms with Gasteiger partial charge in [-0.1, -0.05) is 66.7 Å². The molecular formula is C28H26N2O5S2. The Labute approximate surface area is 223 Å². The molecule has 1 aromatic heterocycles. The predicted octanol–water partition coefficient (Wildman–Crippen LogP) is 3.92. The summed E-state index contributed by atoms with van der Waals surface area (Å²) in [6.07, 6.45) is -0.425. The van der Waals surface area contributed by atoms with Crippen LogP contribution in [-0.2, 0) is 30.3 Å². The lowest BCUT2D eigenvalue weighted by Gasteiger charge is -2.49. The minimum atomic E-state index is -0.691. The predicted molar refractivity (Wildman–Crippen MR) is 143 cm³/mol. The first kappa shape index (κ1) is 25.3. The Balaban J connectivity index is 1.37. The second kappa shape index (κ2) is 11.3. The van der Waals surface area contributed by atoms with Crippen LogP contribution in [0.4, 0.5) is 0 Å². The first-order valence-corrected chi connectivity index (χ1v) is 13.8. The Morgan fingerprint density at radius 2 is 1.70 bits per heavy atom. The van der Waals surface area contributed by atoms with Gasteiger partial charge in [-0.15, -0.1) is 23.1 Å². The summed E-state index contributed by atoms with van der Waals surface area (Å²) in [5.41, 5.74) is 2.54. The van der Waals surface area contributed by atoms with Gasteiger partial charge < -0.3 is 14.8 Å². The molecule has 190 valence electrons. The topological polar surface area (TPSA) is 84.9 Å². The van der Waals surface area contributed by atoms with Crippen molar-refractivity contribution in [3.05, 3.63) is 105 Å². The first-order valence-electron chi connectivity index (χ1n) is 11.8. The Hall–Kier alpha value is -3.40. The van der Waals surface area contributed by atoms with E-state index in [-0.39, 0.29) is 35.9 Å². The molecule has 1 N–H and O–H groups in total. The number of amides is 2. The van der Waals surface area contributed by atoms with E-state index in [2.05, 4.69) is 5.32 Å². The summed E-state index contributed by atoms with van der Waals surface area (Å²) in [6, 6.07) is 22.1. The third-order valence-corrected chi connectivity index (χ3v) is 8.44. The standard InChI is InChI=1S/C28H26N2O5S2/c1-34-16-20-17-37-27-23(29-22(31)15-21-13-8-14-36-21)26(32)30(27)24(20)28(33)35-25(18-9-4-2-5-10-18)19-11-6-3-7-12-19/h2-14,23,25,27H,15-17H2,1H3,(H,29,31)/t23?,27-/m1/s1. The van der Waals surface area contributed by atoms with E-state index in [4.69, 9.17) is 9.47 Å². The number of methoxy groups -OCH3 is 1. The Morgan fingerprint density at radius 1 is 1.03 bits per heavy atom. The van der Waals surface area contributed by atoms with Crippen molar-refractivity contribution in [1.82, 2.24) is 10.2 Å². The molecule has 7 nitrogen and oxygen atoms in total. The van der Waals surface area contributed by atoms with Crippen LogP contribution in [0, 0.1) is 0 Å². The van der Waals surface area contributed by atoms with Crippen LogP contribution < -0.4 is 5.32 Å². The summed E-state index contributed by atoms with van der Waals surface area (Å²) in [6.45, 7) is 0.199. The number of ether oxygens (including phenoxy) is 2. The van der Waals surface area contributed by atoms with E-state index in [0.29, 0.717) is 11.3 Å². The highest BCUT2D eigenvalue weighted by molar-refractivity contribution is 8.00. The van der Waals surface area contributed by atoms with E-state index >= 15 is 0 Å². The highest BCUT2D eigenvalue weighted by atomic mass is 32.2. The number of esters is 1. The molecule has 1 unspecified atom stereocenters. The number of thioether (sulfide) groups is 1. The fraction of sp³-hybridized carbons (Fsp3) is 0.250. The van der Waals surface area contributed by atoms with Gasteiger partial charge >= 0.3 is 5.97 Å². The minimum Gasteiger partial charge on any atom is -0.448 e. The van der Waals surface area contributed by atoms with Gasteiger partial charge in [-0.2, -0.15) is 0 Å². The smallest absolute Gasteiger partial charge is 0.356 e. The average Bonchev–Trinajstić information content (AvgIpc) is 3.44. The molecular weight excluding hydrogens is 508 g/mol. The summed E-state index contributed by atoms with van der Waals surface area (Å²) in [5, 5.41) is 4.38. The van der Waals surface area contributed by atoms with Crippen LogP contribution in [-0.4, -0.2) is 53.6 Å². The molecule has 3 aromatic rings. The van der Waals surface area contributed by atoms with Gasteiger partial charge in [-0.25, -0.2) is 4.79 Å². The van der Waals surface area contributed by atoms with E-state index in [1.54, 1.807) is 7.11 Å². The van der Waals surface area contributed by atoms with Crippen LogP contribution in [0.1, 0.15) is 22.1 Å². The summed E-state index contributed by atoms with van der Waals surface area (Å²) in [4.78, 5) is 41.9. The molecule has 2 aromatic carbocycles. The average molecular weight is 535 g/mol. The van der Waals surface area contributed by atoms with Crippen molar-refractivity contribution in [1.29, 1.82) is 0 Å². The van der Waals surface area contributed by atoms with Gasteiger partial charge in [0.1, 0.15) is 17.1 Å². The molecule has 0 bridgehead atoms. The van der Waals surface area contributed by atoms with Crippen molar-refractivity contribution < 1.29 is 23.9 Å². The highest BCUT2D eigenvalue weighted by Crippen LogP contribution is 2.41. The van der Waals surface area contributed by atoms with Crippen molar-refractivity contribution in [2.45, 2.75) is 23.9 Å². The molecule has 2 aliphatic rings. The number of benzene rings is 2. The van der Waals surface area contributed by atoms with E-state index in [1.165, 1.54) is 28.0 Å². The lowest BCUT2D eigenvalue weighted by molar-refractivity contribution is -0.154. The Bertz CT molecular complexity index is 1260. The summed E-state index contributed by atoms with van der Waals surface area (Å²) in [7, 11) is 1.55. The normalized spacial score (nSPS) is 18.9. The van der Waals surface area contributed by atoms with Crippen molar-refractivity contribution >= 4 is 40.9 Å². The zero-order chi connectivity index (χ0) is 25.8. The molecule has 0 radical (unpaired) electrons. The van der Waals surface area contributed by atoms with Gasteiger partial charge in [0.25, 0.3) is 5.91 Å². The zero-order valence-electron chi connectivity index (χ0n) is 20.2. The number of fused-ring (bicyclic) bond motifs is 1. The van der Waals surface area contributed by atoms with Crippen LogP contribution in [0.25, 0.3) is 0 Å². The monoisotopic (exact) mass is 534 g/mol. The van der Waals surface area contributed by atoms with Crippen LogP contribution >= 0.6 is 23.1 Å². The van der Waals surface area contributed by atoms with Gasteiger partial charge in [0.05, 0.1) is 13.0 Å². The van der Waals surface area contributed by atoms with E-state index in [1.807, 2.05) is 78.2 Å². The molecule has 1 saturated heterocycles. The molecule has 0 spiro atoms. The van der Waals surface area contributed by atoms with Crippen molar-refractivity contribution in [3.63, 3.8) is 0 Å². The number of thiophene rings is 1. The number of nitrogens with one attached hydrogen (secondary N) is 1. The number of hydrogen-bond donors (Lipinski definition) is 1. The third-order valence-electron chi connectivity index (χ3n) is 6.22. The molecule has 2 amide bonds. The lowest BCUT2D eigenvalue weighted by Crippen LogP contribution is -2.70. The largest absolute Gasteiger partial charge is 0.448 e. The van der Waals surface area contributed by atoms with Gasteiger partial charge in [0, 0.05) is 17.7 Å². The summed E-state index contributed by atoms with van der Waals surface area (Å²) in [5.74, 6) is -0.643. The van der Waals surface area contributed by atoms with Gasteiger partial charge in [0.15, 0.2) is 6.10 Å². The molecule has 9 heteroatoms. The first-order chi connectivity index (χ1) is 18.1. The molecule has 1 fully saturated rings. The van der Waals surface area contributed by atoms with Crippen LogP contribution in [0.3, 0.4) is 0 Å². The van der Waals surface area contributed by atoms with Crippen LogP contribution in [0.5, 0.6) is 0 Å². The number of rotatable bonds is 9. The van der Waals surface area contributed by atoms with Gasteiger partial charge in [0.2, 0.25) is 5.91 Å². The zero-order valence-corrected chi connectivity index (χ0v) is 21.8. The highest BCUT2D eigenvalue weighted by Gasteiger charge is 2.54. The molecule has 3 heterocycles. The molecule has 5 rings (SSSR count). The molecule has 0 saturated carbocycles. The lowest BCUT2D eigenvalue weighted by atomic mass is 10.0. The number of nitrogens with zero attached hydrogens (tertiary/aromatic N) is 1. The van der Waals surface area contributed by atoms with E-state index < -0.39 is 18.1 Å². The van der Waals surface area contributed by atoms with Gasteiger partial charge in [-0.05, 0) is 28.1 Å². The second-order valence-electron chi connectivity index (χ2n) is 8.70. The SMILES string of the molecule is COCC1=C(C(=O)OC(c2ccccc2)c2ccccc2)N2C(=O)C(NC(=O)Cc3cccs3)[C@H]2SC1. The van der Waals surface area contributed by atoms with Crippen molar-refractivity contribution in [3.8, 4) is 0 Å². The minimum absolute atomic E-state index is 0.199. The maximum absolute atomic E-state index is 13.7. The van der Waals surface area contributed by atoms with Crippen LogP contribution in [0.15, 0.2) is 89.4 Å². The maximum Gasteiger partial charge on any atom is 0.356 e. The fourth-order valence-electron chi connectivity index (χ4n) is 4.50. The van der Waals surface area contributed by atoms with Crippen molar-refractivity contribution in [2.24, 2.45) is 0 Å².